The van der Waals surface area contributed by atoms with E-state index in [9.17, 15) is 19.2 Å². The zero-order valence-corrected chi connectivity index (χ0v) is 12.9. The maximum absolute atomic E-state index is 13.8. The Morgan fingerprint density at radius 2 is 2.23 bits per heavy atom. The van der Waals surface area contributed by atoms with Crippen molar-refractivity contribution in [3.05, 3.63) is 0 Å². The average Bonchev–Trinajstić information content (AvgIpc) is 2.93. The molecule has 0 aromatic carbocycles. The Hall–Kier alpha value is -1.61. The number of cyclic esters (lactones) is 1. The van der Waals surface area contributed by atoms with Crippen molar-refractivity contribution in [2.45, 2.75) is 51.1 Å². The van der Waals surface area contributed by atoms with Crippen molar-refractivity contribution < 1.29 is 28.7 Å². The number of aliphatic hydroxyl groups excluding tert-OH is 1. The summed E-state index contributed by atoms with van der Waals surface area (Å²) in [5.41, 5.74) is -0.591. The van der Waals surface area contributed by atoms with E-state index < -0.39 is 36.7 Å². The lowest BCUT2D eigenvalue weighted by Gasteiger charge is -2.27. The molecule has 2 fully saturated rings. The molecule has 0 radical (unpaired) electrons. The molecule has 0 aromatic heterocycles. The number of alkyl carbamates (subject to hydrolysis) is 1. The second-order valence-corrected chi connectivity index (χ2v) is 6.46. The molecule has 0 aliphatic carbocycles. The first-order valence-electron chi connectivity index (χ1n) is 7.21. The lowest BCUT2D eigenvalue weighted by Crippen LogP contribution is -2.49. The van der Waals surface area contributed by atoms with E-state index in [1.54, 1.807) is 25.7 Å². The van der Waals surface area contributed by atoms with E-state index in [0.29, 0.717) is 19.5 Å². The number of carbonyl (C=O) groups is 2. The van der Waals surface area contributed by atoms with Crippen molar-refractivity contribution >= 4 is 12.2 Å². The lowest BCUT2D eigenvalue weighted by molar-refractivity contribution is -0.0389. The molecule has 0 bridgehead atoms. The molecule has 126 valence electrons. The summed E-state index contributed by atoms with van der Waals surface area (Å²) in [5.74, 6) is 0. The average molecular weight is 319 g/mol. The first kappa shape index (κ1) is 16.8. The van der Waals surface area contributed by atoms with Crippen LogP contribution in [0.15, 0.2) is 0 Å². The number of carbonyl (C=O) groups excluding carboxylic acids is 2. The van der Waals surface area contributed by atoms with Crippen LogP contribution in [-0.4, -0.2) is 70.9 Å². The Bertz CT molecular complexity index is 442. The van der Waals surface area contributed by atoms with Gasteiger partial charge in [0.05, 0.1) is 6.61 Å². The van der Waals surface area contributed by atoms with Crippen LogP contribution in [0.2, 0.25) is 0 Å². The zero-order valence-electron chi connectivity index (χ0n) is 12.9. The van der Waals surface area contributed by atoms with E-state index in [-0.39, 0.29) is 11.2 Å². The van der Waals surface area contributed by atoms with Crippen LogP contribution in [0.3, 0.4) is 0 Å². The van der Waals surface area contributed by atoms with Gasteiger partial charge in [-0.2, -0.15) is 0 Å². The van der Waals surface area contributed by atoms with Crippen molar-refractivity contribution in [3.8, 4) is 0 Å². The highest BCUT2D eigenvalue weighted by molar-refractivity contribution is 5.69. The summed E-state index contributed by atoms with van der Waals surface area (Å²) < 4.78 is 23.7. The Kier molecular flexibility index (Phi) is 4.76. The number of hydrogen-bond acceptors (Lipinski definition) is 6. The van der Waals surface area contributed by atoms with E-state index >= 15 is 0 Å². The zero-order chi connectivity index (χ0) is 16.5. The molecule has 22 heavy (non-hydrogen) atoms. The first-order chi connectivity index (χ1) is 10.2. The third-order valence-corrected chi connectivity index (χ3v) is 3.49. The Balaban J connectivity index is 1.90. The molecule has 2 aliphatic rings. The molecule has 2 saturated heterocycles. The summed E-state index contributed by atoms with van der Waals surface area (Å²) in [4.78, 5) is 24.6. The van der Waals surface area contributed by atoms with Crippen LogP contribution in [0, 0.1) is 0 Å². The van der Waals surface area contributed by atoms with Crippen molar-refractivity contribution in [2.75, 3.05) is 19.7 Å². The second kappa shape index (κ2) is 6.25. The largest absolute Gasteiger partial charge is 0.444 e. The number of likely N-dealkylation sites (tertiary alicyclic amines) is 1. The van der Waals surface area contributed by atoms with Gasteiger partial charge in [0.2, 0.25) is 0 Å². The summed E-state index contributed by atoms with van der Waals surface area (Å²) in [7, 11) is 0. The third kappa shape index (κ3) is 3.77. The fourth-order valence-corrected chi connectivity index (χ4v) is 2.62. The summed E-state index contributed by atoms with van der Waals surface area (Å²) in [6.07, 6.45) is -2.95. The Labute approximate surface area is 128 Å². The molecule has 0 saturated carbocycles. The van der Waals surface area contributed by atoms with E-state index in [4.69, 9.17) is 9.47 Å². The maximum Gasteiger partial charge on any atom is 0.440 e. The number of nitrogens with one attached hydrogen (secondary N) is 1. The van der Waals surface area contributed by atoms with Gasteiger partial charge in [0.25, 0.3) is 0 Å². The second-order valence-electron chi connectivity index (χ2n) is 6.46. The lowest BCUT2D eigenvalue weighted by atomic mass is 10.2. The number of rotatable bonds is 3. The fraction of sp³-hybridized carbons (Fsp3) is 0.846. The van der Waals surface area contributed by atoms with Crippen LogP contribution in [0.1, 0.15) is 27.2 Å². The molecule has 2 N–H and O–H groups in total. The molecule has 0 aromatic rings. The van der Waals surface area contributed by atoms with Crippen molar-refractivity contribution in [1.29, 1.82) is 0 Å². The summed E-state index contributed by atoms with van der Waals surface area (Å²) in [6, 6.07) is -0.210. The van der Waals surface area contributed by atoms with Gasteiger partial charge in [0, 0.05) is 19.1 Å². The van der Waals surface area contributed by atoms with Crippen LogP contribution < -0.4 is 5.32 Å². The molecule has 2 rings (SSSR count). The van der Waals surface area contributed by atoms with Crippen LogP contribution in [0.4, 0.5) is 14.1 Å². The van der Waals surface area contributed by atoms with Crippen LogP contribution in [0.5, 0.6) is 0 Å². The standard InChI is InChI=1S/C13H22FN3O5/c1-13(2,3)22-11(19)15-8-4-5-16(6-8)10-9(7-18)21-12(20)17(10)14/h8-10,18H,4-7H2,1-3H3,(H,15,19)/t8-,9+,10?/m1/s1. The van der Waals surface area contributed by atoms with E-state index in [1.807, 2.05) is 0 Å². The summed E-state index contributed by atoms with van der Waals surface area (Å²) >= 11 is 0. The van der Waals surface area contributed by atoms with Crippen LogP contribution in [-0.2, 0) is 9.47 Å². The molecule has 2 aliphatic heterocycles. The molecular formula is C13H22FN3O5. The predicted molar refractivity (Wildman–Crippen MR) is 73.4 cm³/mol. The molecule has 2 heterocycles. The molecule has 9 heteroatoms. The highest BCUT2D eigenvalue weighted by Crippen LogP contribution is 2.26. The summed E-state index contributed by atoms with van der Waals surface area (Å²) in [5, 5.41) is 11.9. The van der Waals surface area contributed by atoms with Crippen molar-refractivity contribution in [3.63, 3.8) is 0 Å². The van der Waals surface area contributed by atoms with Gasteiger partial charge in [-0.05, 0) is 27.2 Å². The quantitative estimate of drug-likeness (QED) is 0.741. The SMILES string of the molecule is CC(C)(C)OC(=O)N[C@@H]1CCN(C2[C@H](CO)OC(=O)N2F)C1. The number of ether oxygens (including phenoxy) is 2. The van der Waals surface area contributed by atoms with Gasteiger partial charge >= 0.3 is 12.2 Å². The number of halogens is 1. The van der Waals surface area contributed by atoms with E-state index in [1.165, 1.54) is 0 Å². The summed E-state index contributed by atoms with van der Waals surface area (Å²) in [6.45, 7) is 5.65. The van der Waals surface area contributed by atoms with Gasteiger partial charge in [-0.3, -0.25) is 4.90 Å². The third-order valence-electron chi connectivity index (χ3n) is 3.49. The highest BCUT2D eigenvalue weighted by Gasteiger charge is 2.47. The minimum absolute atomic E-state index is 0.0171. The smallest absolute Gasteiger partial charge is 0.440 e. The van der Waals surface area contributed by atoms with Crippen molar-refractivity contribution in [2.24, 2.45) is 0 Å². The van der Waals surface area contributed by atoms with Gasteiger partial charge < -0.3 is 19.9 Å². The molecule has 0 spiro atoms. The first-order valence-corrected chi connectivity index (χ1v) is 7.21. The molecule has 3 atom stereocenters. The van der Waals surface area contributed by atoms with E-state index in [0.717, 1.165) is 0 Å². The normalized spacial score (nSPS) is 29.6. The van der Waals surface area contributed by atoms with Gasteiger partial charge in [0.15, 0.2) is 12.3 Å². The highest BCUT2D eigenvalue weighted by atomic mass is 19.2. The predicted octanol–water partition coefficient (Wildman–Crippen LogP) is 0.609. The number of nitrogens with zero attached hydrogens (tertiary/aromatic N) is 2. The Morgan fingerprint density at radius 1 is 1.55 bits per heavy atom. The van der Waals surface area contributed by atoms with Gasteiger partial charge in [0.1, 0.15) is 5.60 Å². The Morgan fingerprint density at radius 3 is 2.82 bits per heavy atom. The minimum Gasteiger partial charge on any atom is -0.444 e. The van der Waals surface area contributed by atoms with Gasteiger partial charge in [-0.15, -0.1) is 5.12 Å². The number of aliphatic hydroxyl groups is 1. The number of amides is 2. The monoisotopic (exact) mass is 319 g/mol. The van der Waals surface area contributed by atoms with Crippen LogP contribution >= 0.6 is 0 Å². The van der Waals surface area contributed by atoms with Crippen LogP contribution in [0.25, 0.3) is 0 Å². The van der Waals surface area contributed by atoms with Crippen molar-refractivity contribution in [1.82, 2.24) is 15.3 Å². The molecule has 2 amide bonds. The minimum atomic E-state index is -1.10. The molecule has 8 nitrogen and oxygen atoms in total. The van der Waals surface area contributed by atoms with Gasteiger partial charge in [-0.1, -0.05) is 4.48 Å². The van der Waals surface area contributed by atoms with E-state index in [2.05, 4.69) is 5.32 Å². The number of hydrogen-bond donors (Lipinski definition) is 2. The maximum atomic E-state index is 13.8. The molecular weight excluding hydrogens is 297 g/mol. The topological polar surface area (TPSA) is 91.3 Å². The fourth-order valence-electron chi connectivity index (χ4n) is 2.62. The molecule has 1 unspecified atom stereocenters. The van der Waals surface area contributed by atoms with Gasteiger partial charge in [-0.25, -0.2) is 9.59 Å².